The molecular formula is C23H25N3O5S2. The van der Waals surface area contributed by atoms with Gasteiger partial charge in [-0.2, -0.15) is 4.31 Å². The molecule has 1 atom stereocenters. The standard InChI is InChI=1S/C23H25N3O5S2/c1-26(14-19-4-3-13-31-19)33(28,29)20-11-7-17(8-12-20)22(27)25-23-24-21(15-32-23)16-5-9-18(30-2)10-6-16/h5-12,15,19H,3-4,13-14H2,1-2H3,(H,24,25,27)/t19-/m1/s1. The Morgan fingerprint density at radius 2 is 1.94 bits per heavy atom. The molecule has 4 rings (SSSR count). The molecule has 1 aromatic heterocycles. The smallest absolute Gasteiger partial charge is 0.257 e. The van der Waals surface area contributed by atoms with E-state index in [1.54, 1.807) is 14.2 Å². The predicted molar refractivity (Wildman–Crippen MR) is 127 cm³/mol. The van der Waals surface area contributed by atoms with Gasteiger partial charge in [-0.05, 0) is 61.4 Å². The molecule has 0 unspecified atom stereocenters. The van der Waals surface area contributed by atoms with Crippen molar-refractivity contribution in [3.8, 4) is 17.0 Å². The number of nitrogens with one attached hydrogen (secondary N) is 1. The molecule has 1 amide bonds. The van der Waals surface area contributed by atoms with Gasteiger partial charge in [-0.25, -0.2) is 13.4 Å². The Hall–Kier alpha value is -2.79. The van der Waals surface area contributed by atoms with Crippen LogP contribution in [0.15, 0.2) is 58.8 Å². The van der Waals surface area contributed by atoms with E-state index in [4.69, 9.17) is 9.47 Å². The predicted octanol–water partition coefficient (Wildman–Crippen LogP) is 3.87. The maximum Gasteiger partial charge on any atom is 0.257 e. The van der Waals surface area contributed by atoms with Crippen LogP contribution in [0.3, 0.4) is 0 Å². The summed E-state index contributed by atoms with van der Waals surface area (Å²) in [7, 11) is -0.507. The van der Waals surface area contributed by atoms with Crippen LogP contribution in [-0.4, -0.2) is 57.0 Å². The van der Waals surface area contributed by atoms with E-state index < -0.39 is 10.0 Å². The van der Waals surface area contributed by atoms with Gasteiger partial charge >= 0.3 is 0 Å². The van der Waals surface area contributed by atoms with Crippen molar-refractivity contribution in [3.63, 3.8) is 0 Å². The van der Waals surface area contributed by atoms with Crippen LogP contribution in [-0.2, 0) is 14.8 Å². The normalized spacial score (nSPS) is 16.2. The maximum absolute atomic E-state index is 12.8. The number of likely N-dealkylation sites (N-methyl/N-ethyl adjacent to an activating group) is 1. The fourth-order valence-electron chi connectivity index (χ4n) is 3.53. The monoisotopic (exact) mass is 487 g/mol. The number of anilines is 1. The highest BCUT2D eigenvalue weighted by atomic mass is 32.2. The van der Waals surface area contributed by atoms with Crippen LogP contribution >= 0.6 is 11.3 Å². The molecule has 1 fully saturated rings. The third-order valence-corrected chi connectivity index (χ3v) is 8.02. The number of carbonyl (C=O) groups excluding carboxylic acids is 1. The fourth-order valence-corrected chi connectivity index (χ4v) is 5.44. The van der Waals surface area contributed by atoms with Crippen molar-refractivity contribution in [3.05, 3.63) is 59.5 Å². The first-order valence-electron chi connectivity index (χ1n) is 10.5. The second kappa shape index (κ2) is 10.0. The zero-order chi connectivity index (χ0) is 23.4. The van der Waals surface area contributed by atoms with Gasteiger partial charge in [0.15, 0.2) is 5.13 Å². The molecule has 0 radical (unpaired) electrons. The first-order valence-corrected chi connectivity index (χ1v) is 12.8. The summed E-state index contributed by atoms with van der Waals surface area (Å²) in [5.74, 6) is 0.397. The van der Waals surface area contributed by atoms with E-state index in [1.165, 1.54) is 39.9 Å². The number of rotatable bonds is 8. The van der Waals surface area contributed by atoms with Gasteiger partial charge in [-0.15, -0.1) is 11.3 Å². The number of hydrogen-bond acceptors (Lipinski definition) is 7. The van der Waals surface area contributed by atoms with Crippen LogP contribution < -0.4 is 10.1 Å². The summed E-state index contributed by atoms with van der Waals surface area (Å²) in [5.41, 5.74) is 2.00. The average molecular weight is 488 g/mol. The Morgan fingerprint density at radius 3 is 2.58 bits per heavy atom. The number of aromatic nitrogens is 1. The van der Waals surface area contributed by atoms with Crippen LogP contribution in [0.1, 0.15) is 23.2 Å². The Morgan fingerprint density at radius 1 is 1.21 bits per heavy atom. The molecule has 1 aliphatic rings. The van der Waals surface area contributed by atoms with Gasteiger partial charge in [0.1, 0.15) is 5.75 Å². The van der Waals surface area contributed by atoms with E-state index in [9.17, 15) is 13.2 Å². The molecular weight excluding hydrogens is 462 g/mol. The molecule has 174 valence electrons. The molecule has 2 heterocycles. The fraction of sp³-hybridized carbons (Fsp3) is 0.304. The number of carbonyl (C=O) groups is 1. The summed E-state index contributed by atoms with van der Waals surface area (Å²) < 4.78 is 37.6. The van der Waals surface area contributed by atoms with Crippen LogP contribution in [0.5, 0.6) is 5.75 Å². The van der Waals surface area contributed by atoms with Gasteiger partial charge in [0.2, 0.25) is 10.0 Å². The summed E-state index contributed by atoms with van der Waals surface area (Å²) in [6.07, 6.45) is 1.73. The van der Waals surface area contributed by atoms with Gasteiger partial charge in [-0.3, -0.25) is 10.1 Å². The van der Waals surface area contributed by atoms with E-state index in [0.717, 1.165) is 29.8 Å². The molecule has 1 aliphatic heterocycles. The molecule has 1 saturated heterocycles. The van der Waals surface area contributed by atoms with Crippen LogP contribution in [0, 0.1) is 0 Å². The zero-order valence-electron chi connectivity index (χ0n) is 18.4. The molecule has 0 spiro atoms. The minimum absolute atomic E-state index is 0.0732. The average Bonchev–Trinajstić information content (AvgIpc) is 3.51. The number of nitrogens with zero attached hydrogens (tertiary/aromatic N) is 2. The summed E-state index contributed by atoms with van der Waals surface area (Å²) >= 11 is 1.31. The lowest BCUT2D eigenvalue weighted by atomic mass is 10.2. The number of thiazole rings is 1. The van der Waals surface area contributed by atoms with Gasteiger partial charge in [0.05, 0.1) is 23.8 Å². The van der Waals surface area contributed by atoms with E-state index >= 15 is 0 Å². The summed E-state index contributed by atoms with van der Waals surface area (Å²) in [6, 6.07) is 13.4. The lowest BCUT2D eigenvalue weighted by Gasteiger charge is -2.20. The number of sulfonamides is 1. The topological polar surface area (TPSA) is 97.8 Å². The van der Waals surface area contributed by atoms with E-state index in [-0.39, 0.29) is 16.9 Å². The molecule has 8 nitrogen and oxygen atoms in total. The highest BCUT2D eigenvalue weighted by molar-refractivity contribution is 7.89. The van der Waals surface area contributed by atoms with Gasteiger partial charge in [0, 0.05) is 36.7 Å². The quantitative estimate of drug-likeness (QED) is 0.518. The number of benzene rings is 2. The van der Waals surface area contributed by atoms with E-state index in [0.29, 0.717) is 23.8 Å². The van der Waals surface area contributed by atoms with Gasteiger partial charge in [0.25, 0.3) is 5.91 Å². The lowest BCUT2D eigenvalue weighted by molar-refractivity contribution is 0.0979. The largest absolute Gasteiger partial charge is 0.497 e. The van der Waals surface area contributed by atoms with Gasteiger partial charge in [-0.1, -0.05) is 0 Å². The molecule has 2 aromatic carbocycles. The van der Waals surface area contributed by atoms with Crippen LogP contribution in [0.25, 0.3) is 11.3 Å². The van der Waals surface area contributed by atoms with Gasteiger partial charge < -0.3 is 9.47 Å². The molecule has 10 heteroatoms. The van der Waals surface area contributed by atoms with Crippen molar-refractivity contribution in [2.45, 2.75) is 23.8 Å². The molecule has 1 N–H and O–H groups in total. The molecule has 3 aromatic rings. The number of ether oxygens (including phenoxy) is 2. The maximum atomic E-state index is 12.8. The first-order chi connectivity index (χ1) is 15.9. The highest BCUT2D eigenvalue weighted by Crippen LogP contribution is 2.27. The van der Waals surface area contributed by atoms with Crippen molar-refractivity contribution in [2.24, 2.45) is 0 Å². The molecule has 0 saturated carbocycles. The molecule has 33 heavy (non-hydrogen) atoms. The molecule has 0 aliphatic carbocycles. The Balaban J connectivity index is 1.40. The van der Waals surface area contributed by atoms with E-state index in [2.05, 4.69) is 10.3 Å². The van der Waals surface area contributed by atoms with Crippen LogP contribution in [0.4, 0.5) is 5.13 Å². The minimum Gasteiger partial charge on any atom is -0.497 e. The third-order valence-electron chi connectivity index (χ3n) is 5.42. The highest BCUT2D eigenvalue weighted by Gasteiger charge is 2.26. The van der Waals surface area contributed by atoms with Crippen molar-refractivity contribution < 1.29 is 22.7 Å². The third kappa shape index (κ3) is 5.41. The lowest BCUT2D eigenvalue weighted by Crippen LogP contribution is -2.34. The van der Waals surface area contributed by atoms with Crippen molar-refractivity contribution >= 4 is 32.4 Å². The minimum atomic E-state index is -3.66. The van der Waals surface area contributed by atoms with Crippen molar-refractivity contribution in [1.82, 2.24) is 9.29 Å². The Kier molecular flexibility index (Phi) is 7.08. The zero-order valence-corrected chi connectivity index (χ0v) is 20.0. The molecule has 0 bridgehead atoms. The van der Waals surface area contributed by atoms with Crippen molar-refractivity contribution in [1.29, 1.82) is 0 Å². The summed E-state index contributed by atoms with van der Waals surface area (Å²) in [6.45, 7) is 0.980. The summed E-state index contributed by atoms with van der Waals surface area (Å²) in [4.78, 5) is 17.2. The number of amides is 1. The Labute approximate surface area is 197 Å². The van der Waals surface area contributed by atoms with Crippen LogP contribution in [0.2, 0.25) is 0 Å². The first kappa shape index (κ1) is 23.4. The van der Waals surface area contributed by atoms with Crippen molar-refractivity contribution in [2.75, 3.05) is 32.6 Å². The number of hydrogen-bond donors (Lipinski definition) is 1. The number of methoxy groups -OCH3 is 1. The SMILES string of the molecule is COc1ccc(-c2csc(NC(=O)c3ccc(S(=O)(=O)N(C)C[C@H]4CCCO4)cc3)n2)cc1. The van der Waals surface area contributed by atoms with E-state index in [1.807, 2.05) is 29.6 Å². The Bertz CT molecular complexity index is 1200. The summed E-state index contributed by atoms with van der Waals surface area (Å²) in [5, 5.41) is 5.08. The second-order valence-corrected chi connectivity index (χ2v) is 10.6. The second-order valence-electron chi connectivity index (χ2n) is 7.67.